The molecule has 11 rings (SSSR count). The average Bonchev–Trinajstić information content (AvgIpc) is 3.88. The lowest BCUT2D eigenvalue weighted by atomic mass is 10.00. The molecule has 0 spiro atoms. The summed E-state index contributed by atoms with van der Waals surface area (Å²) >= 11 is 0. The number of rotatable bonds is 4. The van der Waals surface area contributed by atoms with E-state index in [0.29, 0.717) is 5.56 Å². The van der Waals surface area contributed by atoms with Crippen LogP contribution < -0.4 is 0 Å². The number of hydrogen-bond donors (Lipinski definition) is 0. The third-order valence-electron chi connectivity index (χ3n) is 10.7. The Morgan fingerprint density at radius 3 is 1.55 bits per heavy atom. The molecular formula is C49H29N3O. The van der Waals surface area contributed by atoms with Gasteiger partial charge in [0.1, 0.15) is 11.2 Å². The molecule has 0 fully saturated rings. The Morgan fingerprint density at radius 2 is 0.868 bits per heavy atom. The van der Waals surface area contributed by atoms with Gasteiger partial charge in [0.25, 0.3) is 0 Å². The van der Waals surface area contributed by atoms with Crippen molar-refractivity contribution < 1.29 is 4.42 Å². The van der Waals surface area contributed by atoms with Crippen LogP contribution in [0.4, 0.5) is 0 Å². The summed E-state index contributed by atoms with van der Waals surface area (Å²) in [6.07, 6.45) is 0. The van der Waals surface area contributed by atoms with Gasteiger partial charge in [-0.05, 0) is 107 Å². The van der Waals surface area contributed by atoms with Crippen LogP contribution in [0.15, 0.2) is 180 Å². The highest BCUT2D eigenvalue weighted by molar-refractivity contribution is 6.13. The van der Waals surface area contributed by atoms with E-state index in [2.05, 4.69) is 155 Å². The Kier molecular flexibility index (Phi) is 6.28. The first-order chi connectivity index (χ1) is 26.2. The number of fused-ring (bicyclic) bond motifs is 9. The minimum atomic E-state index is 0.611. The molecular weight excluding hydrogens is 647 g/mol. The van der Waals surface area contributed by atoms with Gasteiger partial charge in [0, 0.05) is 43.7 Å². The van der Waals surface area contributed by atoms with Crippen LogP contribution in [0.25, 0.3) is 99.2 Å². The van der Waals surface area contributed by atoms with Crippen LogP contribution in [0.2, 0.25) is 0 Å². The highest BCUT2D eigenvalue weighted by Crippen LogP contribution is 2.39. The van der Waals surface area contributed by atoms with Crippen molar-refractivity contribution in [3.8, 4) is 39.7 Å². The van der Waals surface area contributed by atoms with E-state index in [-0.39, 0.29) is 0 Å². The van der Waals surface area contributed by atoms with Gasteiger partial charge in [-0.3, -0.25) is 0 Å². The highest BCUT2D eigenvalue weighted by atomic mass is 16.3. The average molecular weight is 676 g/mol. The number of nitrogens with zero attached hydrogens (tertiary/aromatic N) is 3. The van der Waals surface area contributed by atoms with Crippen molar-refractivity contribution in [3.63, 3.8) is 0 Å². The summed E-state index contributed by atoms with van der Waals surface area (Å²) in [6, 6.07) is 64.4. The smallest absolute Gasteiger partial charge is 0.135 e. The highest BCUT2D eigenvalue weighted by Gasteiger charge is 2.17. The molecule has 3 aromatic heterocycles. The van der Waals surface area contributed by atoms with E-state index in [1.54, 1.807) is 0 Å². The topological polar surface area (TPSA) is 46.8 Å². The first kappa shape index (κ1) is 29.4. The van der Waals surface area contributed by atoms with Gasteiger partial charge in [-0.15, -0.1) is 0 Å². The first-order valence-electron chi connectivity index (χ1n) is 17.8. The van der Waals surface area contributed by atoms with Crippen molar-refractivity contribution in [1.29, 1.82) is 5.26 Å². The quantitative estimate of drug-likeness (QED) is 0.186. The van der Waals surface area contributed by atoms with Crippen LogP contribution in [0.1, 0.15) is 5.56 Å². The van der Waals surface area contributed by atoms with Crippen molar-refractivity contribution in [2.45, 2.75) is 0 Å². The third-order valence-corrected chi connectivity index (χ3v) is 10.7. The lowest BCUT2D eigenvalue weighted by Crippen LogP contribution is -1.96. The van der Waals surface area contributed by atoms with E-state index in [4.69, 9.17) is 4.42 Å². The van der Waals surface area contributed by atoms with E-state index in [9.17, 15) is 5.26 Å². The largest absolute Gasteiger partial charge is 0.456 e. The van der Waals surface area contributed by atoms with Crippen LogP contribution in [-0.2, 0) is 0 Å². The van der Waals surface area contributed by atoms with Gasteiger partial charge in [0.15, 0.2) is 0 Å². The number of benzene rings is 8. The molecule has 0 saturated carbocycles. The minimum Gasteiger partial charge on any atom is -0.456 e. The van der Waals surface area contributed by atoms with Crippen molar-refractivity contribution in [2.75, 3.05) is 0 Å². The Bertz CT molecular complexity index is 3300. The Labute approximate surface area is 304 Å². The second kappa shape index (κ2) is 11.3. The van der Waals surface area contributed by atoms with Crippen molar-refractivity contribution in [3.05, 3.63) is 181 Å². The predicted octanol–water partition coefficient (Wildman–Crippen LogP) is 13.0. The van der Waals surface area contributed by atoms with E-state index in [1.165, 1.54) is 38.1 Å². The van der Waals surface area contributed by atoms with Crippen molar-refractivity contribution in [1.82, 2.24) is 9.13 Å². The van der Waals surface area contributed by atoms with Gasteiger partial charge in [0.05, 0.1) is 33.7 Å². The fourth-order valence-corrected chi connectivity index (χ4v) is 8.32. The molecule has 53 heavy (non-hydrogen) atoms. The van der Waals surface area contributed by atoms with Crippen LogP contribution >= 0.6 is 0 Å². The molecule has 246 valence electrons. The van der Waals surface area contributed by atoms with Crippen LogP contribution in [0.3, 0.4) is 0 Å². The molecule has 0 atom stereocenters. The fourth-order valence-electron chi connectivity index (χ4n) is 8.32. The van der Waals surface area contributed by atoms with Gasteiger partial charge in [-0.1, -0.05) is 91.0 Å². The summed E-state index contributed by atoms with van der Waals surface area (Å²) < 4.78 is 10.8. The van der Waals surface area contributed by atoms with E-state index in [1.807, 2.05) is 36.4 Å². The first-order valence-corrected chi connectivity index (χ1v) is 17.8. The maximum absolute atomic E-state index is 10.2. The summed E-state index contributed by atoms with van der Waals surface area (Å²) in [5, 5.41) is 17.2. The summed E-state index contributed by atoms with van der Waals surface area (Å²) in [4.78, 5) is 0. The standard InChI is InChI=1S/C49H29N3O/c50-30-31-24-35(34-20-23-49-43(29-34)40-14-6-9-17-48(40)53-49)26-37(25-31)52-45-16-8-5-13-39(45)42-28-33(19-22-47(42)52)32-18-21-46-41(27-32)38-12-4-7-15-44(38)51(46)36-10-2-1-3-11-36/h1-29H. The van der Waals surface area contributed by atoms with Gasteiger partial charge in [-0.25, -0.2) is 0 Å². The lowest BCUT2D eigenvalue weighted by Gasteiger charge is -2.12. The maximum Gasteiger partial charge on any atom is 0.135 e. The van der Waals surface area contributed by atoms with E-state index >= 15 is 0 Å². The van der Waals surface area contributed by atoms with Gasteiger partial charge in [-0.2, -0.15) is 5.26 Å². The van der Waals surface area contributed by atoms with Gasteiger partial charge in [0.2, 0.25) is 0 Å². The molecule has 3 heterocycles. The molecule has 0 N–H and O–H groups in total. The minimum absolute atomic E-state index is 0.611. The number of nitriles is 1. The van der Waals surface area contributed by atoms with Crippen LogP contribution in [-0.4, -0.2) is 9.13 Å². The number of aromatic nitrogens is 2. The molecule has 0 saturated heterocycles. The zero-order valence-electron chi connectivity index (χ0n) is 28.5. The molecule has 0 radical (unpaired) electrons. The molecule has 8 aromatic carbocycles. The second-order valence-corrected chi connectivity index (χ2v) is 13.7. The number of para-hydroxylation sites is 4. The zero-order valence-corrected chi connectivity index (χ0v) is 28.5. The molecule has 11 aromatic rings. The molecule has 0 aliphatic carbocycles. The third kappa shape index (κ3) is 4.48. The summed E-state index contributed by atoms with van der Waals surface area (Å²) in [7, 11) is 0. The molecule has 0 aliphatic heterocycles. The van der Waals surface area contributed by atoms with Crippen molar-refractivity contribution >= 4 is 65.6 Å². The molecule has 0 bridgehead atoms. The Hall–Kier alpha value is -7.35. The number of furan rings is 1. The normalized spacial score (nSPS) is 11.8. The number of hydrogen-bond acceptors (Lipinski definition) is 2. The molecule has 0 aliphatic rings. The molecule has 4 nitrogen and oxygen atoms in total. The van der Waals surface area contributed by atoms with Gasteiger partial charge >= 0.3 is 0 Å². The molecule has 4 heteroatoms. The molecule has 0 unspecified atom stereocenters. The van der Waals surface area contributed by atoms with E-state index < -0.39 is 0 Å². The second-order valence-electron chi connectivity index (χ2n) is 13.7. The van der Waals surface area contributed by atoms with Crippen molar-refractivity contribution in [2.24, 2.45) is 0 Å². The van der Waals surface area contributed by atoms with Crippen LogP contribution in [0.5, 0.6) is 0 Å². The van der Waals surface area contributed by atoms with Crippen LogP contribution in [0, 0.1) is 11.3 Å². The van der Waals surface area contributed by atoms with E-state index in [0.717, 1.165) is 61.0 Å². The zero-order chi connectivity index (χ0) is 35.0. The maximum atomic E-state index is 10.2. The Balaban J connectivity index is 1.08. The summed E-state index contributed by atoms with van der Waals surface area (Å²) in [5.41, 5.74) is 13.4. The molecule has 0 amide bonds. The van der Waals surface area contributed by atoms with Gasteiger partial charge < -0.3 is 13.6 Å². The monoisotopic (exact) mass is 675 g/mol. The predicted molar refractivity (Wildman–Crippen MR) is 218 cm³/mol. The Morgan fingerprint density at radius 1 is 0.358 bits per heavy atom. The summed E-state index contributed by atoms with van der Waals surface area (Å²) in [6.45, 7) is 0. The summed E-state index contributed by atoms with van der Waals surface area (Å²) in [5.74, 6) is 0. The fraction of sp³-hybridized carbons (Fsp3) is 0. The SMILES string of the molecule is N#Cc1cc(-c2ccc3oc4ccccc4c3c2)cc(-n2c3ccccc3c3cc(-c4ccc5c(c4)c4ccccc4n5-c4ccccc4)ccc32)c1. The lowest BCUT2D eigenvalue weighted by molar-refractivity contribution is 0.669.